The Hall–Kier alpha value is -1.39. The lowest BCUT2D eigenvalue weighted by atomic mass is 10.0. The lowest BCUT2D eigenvalue weighted by Crippen LogP contribution is -2.22. The molecule has 0 radical (unpaired) electrons. The fourth-order valence-corrected chi connectivity index (χ4v) is 2.55. The normalized spacial score (nSPS) is 12.7. The lowest BCUT2D eigenvalue weighted by Gasteiger charge is -2.19. The fourth-order valence-electron chi connectivity index (χ4n) is 2.30. The summed E-state index contributed by atoms with van der Waals surface area (Å²) in [6, 6.07) is 5.07. The number of halogens is 2. The molecule has 0 saturated carbocycles. The molecule has 0 saturated heterocycles. The fraction of sp³-hybridized carbons (Fsp3) is 0.400. The summed E-state index contributed by atoms with van der Waals surface area (Å²) in [6.07, 6.45) is 2.60. The van der Waals surface area contributed by atoms with Crippen molar-refractivity contribution in [3.05, 3.63) is 52.1 Å². The van der Waals surface area contributed by atoms with E-state index in [0.29, 0.717) is 10.6 Å². The number of nitrogens with zero attached hydrogens (tertiary/aromatic N) is 2. The van der Waals surface area contributed by atoms with Gasteiger partial charge in [-0.05, 0) is 37.6 Å². The van der Waals surface area contributed by atoms with Crippen molar-refractivity contribution in [2.45, 2.75) is 32.9 Å². The van der Waals surface area contributed by atoms with E-state index < -0.39 is 0 Å². The van der Waals surface area contributed by atoms with Gasteiger partial charge in [-0.25, -0.2) is 4.39 Å². The molecule has 0 amide bonds. The van der Waals surface area contributed by atoms with Crippen molar-refractivity contribution in [3.63, 3.8) is 0 Å². The van der Waals surface area contributed by atoms with Crippen LogP contribution < -0.4 is 5.32 Å². The Kier molecular flexibility index (Phi) is 4.78. The second-order valence-corrected chi connectivity index (χ2v) is 5.24. The number of nitrogens with one attached hydrogen (secondary N) is 1. The summed E-state index contributed by atoms with van der Waals surface area (Å²) < 4.78 is 15.7. The van der Waals surface area contributed by atoms with E-state index in [0.717, 1.165) is 24.2 Å². The molecular formula is C15H19ClFN3. The zero-order valence-electron chi connectivity index (χ0n) is 12.0. The molecule has 2 rings (SSSR count). The number of aryl methyl sites for hydroxylation is 2. The third-order valence-corrected chi connectivity index (χ3v) is 3.65. The van der Waals surface area contributed by atoms with Crippen LogP contribution in [0.1, 0.15) is 36.2 Å². The van der Waals surface area contributed by atoms with Crippen LogP contribution in [0.2, 0.25) is 5.02 Å². The largest absolute Gasteiger partial charge is 0.308 e. The SMILES string of the molecule is CCCn1ncc(Cl)c1C(NC)c1ccc(C)c(F)c1. The van der Waals surface area contributed by atoms with Crippen molar-refractivity contribution in [2.24, 2.45) is 0 Å². The molecule has 3 nitrogen and oxygen atoms in total. The van der Waals surface area contributed by atoms with Crippen molar-refractivity contribution >= 4 is 11.6 Å². The summed E-state index contributed by atoms with van der Waals surface area (Å²) >= 11 is 6.26. The Balaban J connectivity index is 2.46. The van der Waals surface area contributed by atoms with Gasteiger partial charge in [-0.1, -0.05) is 30.7 Å². The Morgan fingerprint density at radius 3 is 2.80 bits per heavy atom. The molecule has 1 heterocycles. The molecule has 0 bridgehead atoms. The molecular weight excluding hydrogens is 277 g/mol. The minimum absolute atomic E-state index is 0.174. The lowest BCUT2D eigenvalue weighted by molar-refractivity contribution is 0.532. The Morgan fingerprint density at radius 2 is 2.20 bits per heavy atom. The maximum atomic E-state index is 13.8. The van der Waals surface area contributed by atoms with Crippen LogP contribution in [0.25, 0.3) is 0 Å². The molecule has 0 spiro atoms. The number of benzene rings is 1. The first-order chi connectivity index (χ1) is 9.58. The molecule has 20 heavy (non-hydrogen) atoms. The molecule has 1 aromatic carbocycles. The monoisotopic (exact) mass is 295 g/mol. The molecule has 1 unspecified atom stereocenters. The van der Waals surface area contributed by atoms with E-state index in [-0.39, 0.29) is 11.9 Å². The van der Waals surface area contributed by atoms with E-state index in [1.807, 2.05) is 17.8 Å². The highest BCUT2D eigenvalue weighted by atomic mass is 35.5. The van der Waals surface area contributed by atoms with Gasteiger partial charge < -0.3 is 5.32 Å². The van der Waals surface area contributed by atoms with Crippen LogP contribution in [0.4, 0.5) is 4.39 Å². The van der Waals surface area contributed by atoms with Crippen LogP contribution in [0, 0.1) is 12.7 Å². The van der Waals surface area contributed by atoms with Crippen LogP contribution in [0.3, 0.4) is 0 Å². The van der Waals surface area contributed by atoms with Crippen LogP contribution in [-0.2, 0) is 6.54 Å². The summed E-state index contributed by atoms with van der Waals surface area (Å²) in [6.45, 7) is 4.62. The predicted octanol–water partition coefficient (Wildman–Crippen LogP) is 3.70. The Bertz CT molecular complexity index is 595. The Labute approximate surface area is 123 Å². The first-order valence-electron chi connectivity index (χ1n) is 6.73. The average Bonchev–Trinajstić information content (AvgIpc) is 2.77. The minimum Gasteiger partial charge on any atom is -0.308 e. The topological polar surface area (TPSA) is 29.9 Å². The van der Waals surface area contributed by atoms with Gasteiger partial charge in [-0.15, -0.1) is 0 Å². The first-order valence-corrected chi connectivity index (χ1v) is 7.10. The molecule has 0 aliphatic carbocycles. The van der Waals surface area contributed by atoms with Crippen molar-refractivity contribution in [1.29, 1.82) is 0 Å². The van der Waals surface area contributed by atoms with E-state index in [1.165, 1.54) is 0 Å². The predicted molar refractivity (Wildman–Crippen MR) is 79.6 cm³/mol. The third-order valence-electron chi connectivity index (χ3n) is 3.36. The second kappa shape index (κ2) is 6.37. The first kappa shape index (κ1) is 15.0. The molecule has 108 valence electrons. The van der Waals surface area contributed by atoms with Crippen molar-refractivity contribution in [3.8, 4) is 0 Å². The number of hydrogen-bond donors (Lipinski definition) is 1. The van der Waals surface area contributed by atoms with Gasteiger partial charge in [0.1, 0.15) is 5.82 Å². The van der Waals surface area contributed by atoms with Gasteiger partial charge in [0.05, 0.1) is 23.0 Å². The van der Waals surface area contributed by atoms with E-state index in [1.54, 1.807) is 25.3 Å². The minimum atomic E-state index is -0.208. The number of aromatic nitrogens is 2. The number of rotatable bonds is 5. The van der Waals surface area contributed by atoms with Crippen molar-refractivity contribution in [2.75, 3.05) is 7.05 Å². The van der Waals surface area contributed by atoms with Gasteiger partial charge in [0.2, 0.25) is 0 Å². The van der Waals surface area contributed by atoms with Crippen LogP contribution >= 0.6 is 11.6 Å². The van der Waals surface area contributed by atoms with E-state index in [2.05, 4.69) is 17.3 Å². The van der Waals surface area contributed by atoms with Crippen LogP contribution in [0.5, 0.6) is 0 Å². The maximum absolute atomic E-state index is 13.8. The van der Waals surface area contributed by atoms with Gasteiger partial charge in [0.15, 0.2) is 0 Å². The zero-order chi connectivity index (χ0) is 14.7. The summed E-state index contributed by atoms with van der Waals surface area (Å²) in [5, 5.41) is 8.08. The molecule has 5 heteroatoms. The zero-order valence-corrected chi connectivity index (χ0v) is 12.7. The van der Waals surface area contributed by atoms with Gasteiger partial charge in [0.25, 0.3) is 0 Å². The van der Waals surface area contributed by atoms with E-state index in [4.69, 9.17) is 11.6 Å². The second-order valence-electron chi connectivity index (χ2n) is 4.83. The molecule has 0 fully saturated rings. The van der Waals surface area contributed by atoms with Gasteiger partial charge in [-0.3, -0.25) is 4.68 Å². The molecule has 1 atom stereocenters. The van der Waals surface area contributed by atoms with Gasteiger partial charge in [-0.2, -0.15) is 5.10 Å². The molecule has 1 N–H and O–H groups in total. The standard InChI is InChI=1S/C15H19ClFN3/c1-4-7-20-15(12(16)9-19-20)14(18-3)11-6-5-10(2)13(17)8-11/h5-6,8-9,14,18H,4,7H2,1-3H3. The Morgan fingerprint density at radius 1 is 1.45 bits per heavy atom. The van der Waals surface area contributed by atoms with Crippen LogP contribution in [-0.4, -0.2) is 16.8 Å². The highest BCUT2D eigenvalue weighted by Gasteiger charge is 2.21. The van der Waals surface area contributed by atoms with Crippen molar-refractivity contribution < 1.29 is 4.39 Å². The molecule has 2 aromatic rings. The highest BCUT2D eigenvalue weighted by molar-refractivity contribution is 6.31. The molecule has 0 aliphatic heterocycles. The van der Waals surface area contributed by atoms with Crippen molar-refractivity contribution in [1.82, 2.24) is 15.1 Å². The summed E-state index contributed by atoms with van der Waals surface area (Å²) in [4.78, 5) is 0. The summed E-state index contributed by atoms with van der Waals surface area (Å²) in [7, 11) is 1.84. The van der Waals surface area contributed by atoms with E-state index in [9.17, 15) is 4.39 Å². The smallest absolute Gasteiger partial charge is 0.126 e. The van der Waals surface area contributed by atoms with Crippen LogP contribution in [0.15, 0.2) is 24.4 Å². The average molecular weight is 296 g/mol. The van der Waals surface area contributed by atoms with E-state index >= 15 is 0 Å². The summed E-state index contributed by atoms with van der Waals surface area (Å²) in [5.41, 5.74) is 2.35. The quantitative estimate of drug-likeness (QED) is 0.911. The molecule has 0 aliphatic rings. The molecule has 1 aromatic heterocycles. The third kappa shape index (κ3) is 2.86. The highest BCUT2D eigenvalue weighted by Crippen LogP contribution is 2.29. The summed E-state index contributed by atoms with van der Waals surface area (Å²) in [5.74, 6) is -0.208. The van der Waals surface area contributed by atoms with Gasteiger partial charge >= 0.3 is 0 Å². The van der Waals surface area contributed by atoms with Gasteiger partial charge in [0, 0.05) is 6.54 Å². The maximum Gasteiger partial charge on any atom is 0.126 e. The number of hydrogen-bond acceptors (Lipinski definition) is 2.